The molecule has 5 heteroatoms. The molecule has 98 valence electrons. The van der Waals surface area contributed by atoms with E-state index in [1.807, 2.05) is 0 Å². The predicted molar refractivity (Wildman–Crippen MR) is 65.6 cm³/mol. The van der Waals surface area contributed by atoms with E-state index < -0.39 is 5.54 Å². The summed E-state index contributed by atoms with van der Waals surface area (Å²) in [6.07, 6.45) is 3.25. The summed E-state index contributed by atoms with van der Waals surface area (Å²) in [5.41, 5.74) is 5.13. The first-order valence-corrected chi connectivity index (χ1v) is 6.46. The Hall–Kier alpha value is -0.650. The number of carbonyl (C=O) groups is 1. The highest BCUT2D eigenvalue weighted by Crippen LogP contribution is 2.43. The molecule has 0 aromatic rings. The molecule has 2 fully saturated rings. The maximum atomic E-state index is 12.0. The molecule has 0 aromatic carbocycles. The van der Waals surface area contributed by atoms with Crippen molar-refractivity contribution >= 4 is 5.91 Å². The van der Waals surface area contributed by atoms with Crippen molar-refractivity contribution in [1.82, 2.24) is 10.2 Å². The third-order valence-corrected chi connectivity index (χ3v) is 3.95. The average molecular weight is 241 g/mol. The zero-order chi connectivity index (χ0) is 12.3. The van der Waals surface area contributed by atoms with Crippen LogP contribution in [0.2, 0.25) is 0 Å². The van der Waals surface area contributed by atoms with Crippen LogP contribution in [-0.4, -0.2) is 56.2 Å². The summed E-state index contributed by atoms with van der Waals surface area (Å²) in [5.74, 6) is 0.168. The third kappa shape index (κ3) is 2.46. The summed E-state index contributed by atoms with van der Waals surface area (Å²) in [5, 5.41) is 3.36. The van der Waals surface area contributed by atoms with Crippen LogP contribution in [-0.2, 0) is 9.53 Å². The number of hydrogen-bond donors (Lipinski definition) is 2. The molecule has 0 aromatic heterocycles. The molecule has 0 spiro atoms. The standard InChI is InChI=1S/C12H23N3O2/c1-17-9-12(11(13)16,10-3-4-10)15-7-2-5-14-6-8-15/h10,14H,2-9H2,1H3,(H2,13,16). The van der Waals surface area contributed by atoms with E-state index in [0.717, 1.165) is 45.4 Å². The Morgan fingerprint density at radius 1 is 1.47 bits per heavy atom. The molecular weight excluding hydrogens is 218 g/mol. The molecule has 1 saturated heterocycles. The van der Waals surface area contributed by atoms with Gasteiger partial charge in [0.05, 0.1) is 6.61 Å². The fraction of sp³-hybridized carbons (Fsp3) is 0.917. The highest BCUT2D eigenvalue weighted by molar-refractivity contribution is 5.85. The average Bonchev–Trinajstić information content (AvgIpc) is 3.12. The first-order chi connectivity index (χ1) is 8.21. The second-order valence-electron chi connectivity index (χ2n) is 5.09. The molecule has 0 bridgehead atoms. The van der Waals surface area contributed by atoms with Crippen molar-refractivity contribution in [2.75, 3.05) is 39.9 Å². The smallest absolute Gasteiger partial charge is 0.240 e. The van der Waals surface area contributed by atoms with E-state index in [1.165, 1.54) is 0 Å². The molecule has 1 amide bonds. The van der Waals surface area contributed by atoms with Gasteiger partial charge in [-0.2, -0.15) is 0 Å². The van der Waals surface area contributed by atoms with Crippen LogP contribution >= 0.6 is 0 Å². The molecule has 1 aliphatic carbocycles. The topological polar surface area (TPSA) is 67.6 Å². The molecule has 1 heterocycles. The van der Waals surface area contributed by atoms with Gasteiger partial charge in [0.15, 0.2) is 0 Å². The molecule has 1 saturated carbocycles. The summed E-state index contributed by atoms with van der Waals surface area (Å²) < 4.78 is 5.30. The number of rotatable bonds is 5. The van der Waals surface area contributed by atoms with E-state index in [-0.39, 0.29) is 5.91 Å². The maximum Gasteiger partial charge on any atom is 0.240 e. The van der Waals surface area contributed by atoms with Crippen molar-refractivity contribution in [2.45, 2.75) is 24.8 Å². The number of methoxy groups -OCH3 is 1. The van der Waals surface area contributed by atoms with Crippen molar-refractivity contribution in [1.29, 1.82) is 0 Å². The minimum Gasteiger partial charge on any atom is -0.382 e. The van der Waals surface area contributed by atoms with E-state index in [0.29, 0.717) is 12.5 Å². The molecule has 2 aliphatic rings. The van der Waals surface area contributed by atoms with Crippen LogP contribution in [0.5, 0.6) is 0 Å². The normalized spacial score (nSPS) is 26.2. The number of amides is 1. The van der Waals surface area contributed by atoms with Gasteiger partial charge in [0, 0.05) is 26.7 Å². The Bertz CT molecular complexity index is 273. The Labute approximate surface area is 103 Å². The number of primary amides is 1. The zero-order valence-corrected chi connectivity index (χ0v) is 10.6. The molecule has 5 nitrogen and oxygen atoms in total. The lowest BCUT2D eigenvalue weighted by atomic mass is 9.90. The molecule has 17 heavy (non-hydrogen) atoms. The molecule has 2 rings (SSSR count). The molecule has 3 N–H and O–H groups in total. The second-order valence-corrected chi connectivity index (χ2v) is 5.09. The zero-order valence-electron chi connectivity index (χ0n) is 10.6. The summed E-state index contributed by atoms with van der Waals surface area (Å²) in [4.78, 5) is 14.2. The fourth-order valence-electron chi connectivity index (χ4n) is 2.92. The largest absolute Gasteiger partial charge is 0.382 e. The molecule has 0 radical (unpaired) electrons. The number of nitrogens with one attached hydrogen (secondary N) is 1. The van der Waals surface area contributed by atoms with Gasteiger partial charge in [-0.25, -0.2) is 0 Å². The monoisotopic (exact) mass is 241 g/mol. The molecule has 1 aliphatic heterocycles. The van der Waals surface area contributed by atoms with Crippen molar-refractivity contribution in [3.63, 3.8) is 0 Å². The van der Waals surface area contributed by atoms with Crippen LogP contribution in [0.3, 0.4) is 0 Å². The predicted octanol–water partition coefficient (Wildman–Crippen LogP) is -0.438. The lowest BCUT2D eigenvalue weighted by Gasteiger charge is -2.41. The van der Waals surface area contributed by atoms with Gasteiger partial charge in [0.25, 0.3) is 0 Å². The number of ether oxygens (including phenoxy) is 1. The van der Waals surface area contributed by atoms with Crippen LogP contribution < -0.4 is 11.1 Å². The number of nitrogens with zero attached hydrogens (tertiary/aromatic N) is 1. The van der Waals surface area contributed by atoms with Crippen LogP contribution in [0.25, 0.3) is 0 Å². The van der Waals surface area contributed by atoms with E-state index in [9.17, 15) is 4.79 Å². The number of hydrogen-bond acceptors (Lipinski definition) is 4. The van der Waals surface area contributed by atoms with Crippen LogP contribution in [0, 0.1) is 5.92 Å². The second kappa shape index (κ2) is 5.33. The van der Waals surface area contributed by atoms with E-state index >= 15 is 0 Å². The molecular formula is C12H23N3O2. The summed E-state index contributed by atoms with van der Waals surface area (Å²) in [6.45, 7) is 4.17. The minimum absolute atomic E-state index is 0.219. The Morgan fingerprint density at radius 3 is 2.82 bits per heavy atom. The lowest BCUT2D eigenvalue weighted by molar-refractivity contribution is -0.136. The van der Waals surface area contributed by atoms with Gasteiger partial charge in [-0.15, -0.1) is 0 Å². The molecule has 1 unspecified atom stereocenters. The van der Waals surface area contributed by atoms with Crippen molar-refractivity contribution in [3.8, 4) is 0 Å². The van der Waals surface area contributed by atoms with Gasteiger partial charge in [-0.1, -0.05) is 0 Å². The van der Waals surface area contributed by atoms with Gasteiger partial charge in [0.2, 0.25) is 5.91 Å². The summed E-state index contributed by atoms with van der Waals surface area (Å²) in [6, 6.07) is 0. The van der Waals surface area contributed by atoms with Gasteiger partial charge < -0.3 is 15.8 Å². The summed E-state index contributed by atoms with van der Waals surface area (Å²) in [7, 11) is 1.65. The van der Waals surface area contributed by atoms with Crippen molar-refractivity contribution in [3.05, 3.63) is 0 Å². The van der Waals surface area contributed by atoms with Gasteiger partial charge in [0.1, 0.15) is 5.54 Å². The number of carbonyl (C=O) groups excluding carboxylic acids is 1. The van der Waals surface area contributed by atoms with Gasteiger partial charge in [-0.3, -0.25) is 9.69 Å². The minimum atomic E-state index is -0.569. The van der Waals surface area contributed by atoms with Gasteiger partial charge >= 0.3 is 0 Å². The first kappa shape index (κ1) is 12.8. The highest BCUT2D eigenvalue weighted by atomic mass is 16.5. The Kier molecular flexibility index (Phi) is 4.01. The fourth-order valence-corrected chi connectivity index (χ4v) is 2.92. The van der Waals surface area contributed by atoms with Gasteiger partial charge in [-0.05, 0) is 31.7 Å². The molecule has 1 atom stereocenters. The Balaban J connectivity index is 2.19. The van der Waals surface area contributed by atoms with Crippen LogP contribution in [0.1, 0.15) is 19.3 Å². The van der Waals surface area contributed by atoms with Crippen LogP contribution in [0.15, 0.2) is 0 Å². The SMILES string of the molecule is COCC(C(N)=O)(C1CC1)N1CCCNCC1. The van der Waals surface area contributed by atoms with Crippen molar-refractivity contribution < 1.29 is 9.53 Å². The van der Waals surface area contributed by atoms with E-state index in [4.69, 9.17) is 10.5 Å². The maximum absolute atomic E-state index is 12.0. The third-order valence-electron chi connectivity index (χ3n) is 3.95. The van der Waals surface area contributed by atoms with Crippen LogP contribution in [0.4, 0.5) is 0 Å². The summed E-state index contributed by atoms with van der Waals surface area (Å²) >= 11 is 0. The quantitative estimate of drug-likeness (QED) is 0.685. The highest BCUT2D eigenvalue weighted by Gasteiger charge is 2.53. The van der Waals surface area contributed by atoms with Crippen molar-refractivity contribution in [2.24, 2.45) is 11.7 Å². The lowest BCUT2D eigenvalue weighted by Crippen LogP contribution is -2.62. The first-order valence-electron chi connectivity index (χ1n) is 6.46. The number of nitrogens with two attached hydrogens (primary N) is 1. The van der Waals surface area contributed by atoms with E-state index in [1.54, 1.807) is 7.11 Å². The van der Waals surface area contributed by atoms with E-state index in [2.05, 4.69) is 10.2 Å². The Morgan fingerprint density at radius 2 is 2.24 bits per heavy atom.